The maximum absolute atomic E-state index is 13.6. The molecule has 1 amide bonds. The van der Waals surface area contributed by atoms with E-state index in [4.69, 9.17) is 4.42 Å². The second-order valence-corrected chi connectivity index (χ2v) is 8.49. The summed E-state index contributed by atoms with van der Waals surface area (Å²) in [6.07, 6.45) is 2.57. The zero-order valence-corrected chi connectivity index (χ0v) is 18.1. The van der Waals surface area contributed by atoms with Crippen molar-refractivity contribution in [3.05, 3.63) is 65.2 Å². The van der Waals surface area contributed by atoms with Crippen molar-refractivity contribution in [2.45, 2.75) is 26.3 Å². The Kier molecular flexibility index (Phi) is 5.17. The third-order valence-corrected chi connectivity index (χ3v) is 5.99. The van der Waals surface area contributed by atoms with Crippen LogP contribution in [-0.4, -0.2) is 40.5 Å². The number of nitrogens with zero attached hydrogens (tertiary/aromatic N) is 7. The summed E-state index contributed by atoms with van der Waals surface area (Å²) in [4.78, 5) is 19.5. The van der Waals surface area contributed by atoms with Crippen molar-refractivity contribution in [1.82, 2.24) is 39.9 Å². The van der Waals surface area contributed by atoms with Crippen molar-refractivity contribution >= 4 is 22.9 Å². The first kappa shape index (κ1) is 20.9. The van der Waals surface area contributed by atoms with Crippen molar-refractivity contribution in [3.63, 3.8) is 0 Å². The van der Waals surface area contributed by atoms with E-state index < -0.39 is 24.1 Å². The standard InChI is InChI=1S/C20H16F2N8O2S/c1-10-3-4-16(33-10)14-6-23-18-13(30-15(17(21)22)7-24-28-30)5-12(8-29(14)18)19(31)26-11(2)20-27-25-9-32-20/h3-9,11,17H,1-2H3,(H,26,31). The maximum Gasteiger partial charge on any atom is 0.282 e. The van der Waals surface area contributed by atoms with Crippen molar-refractivity contribution in [1.29, 1.82) is 0 Å². The number of alkyl halides is 2. The van der Waals surface area contributed by atoms with Gasteiger partial charge >= 0.3 is 0 Å². The van der Waals surface area contributed by atoms with Gasteiger partial charge in [0.25, 0.3) is 12.3 Å². The number of pyridine rings is 1. The van der Waals surface area contributed by atoms with Gasteiger partial charge in [-0.05, 0) is 32.0 Å². The van der Waals surface area contributed by atoms with Gasteiger partial charge in [-0.3, -0.25) is 9.20 Å². The quantitative estimate of drug-likeness (QED) is 0.402. The van der Waals surface area contributed by atoms with Crippen LogP contribution in [0.5, 0.6) is 0 Å². The first-order valence-corrected chi connectivity index (χ1v) is 10.6. The summed E-state index contributed by atoms with van der Waals surface area (Å²) < 4.78 is 35.0. The number of imidazole rings is 1. The number of fused-ring (bicyclic) bond motifs is 1. The van der Waals surface area contributed by atoms with E-state index in [1.54, 1.807) is 35.1 Å². The van der Waals surface area contributed by atoms with Gasteiger partial charge in [-0.25, -0.2) is 18.4 Å². The number of rotatable bonds is 6. The van der Waals surface area contributed by atoms with Crippen LogP contribution in [0.4, 0.5) is 8.78 Å². The molecule has 5 aromatic rings. The summed E-state index contributed by atoms with van der Waals surface area (Å²) in [5, 5.41) is 17.6. The highest BCUT2D eigenvalue weighted by molar-refractivity contribution is 7.15. The first-order chi connectivity index (χ1) is 15.9. The van der Waals surface area contributed by atoms with Crippen molar-refractivity contribution in [3.8, 4) is 16.3 Å². The molecule has 0 fully saturated rings. The molecular formula is C20H16F2N8O2S. The number of aromatic nitrogens is 7. The molecule has 5 heterocycles. The van der Waals surface area contributed by atoms with Gasteiger partial charge in [0.1, 0.15) is 17.4 Å². The molecule has 1 N–H and O–H groups in total. The van der Waals surface area contributed by atoms with Gasteiger partial charge in [-0.15, -0.1) is 26.6 Å². The summed E-state index contributed by atoms with van der Waals surface area (Å²) >= 11 is 1.55. The molecule has 33 heavy (non-hydrogen) atoms. The Hall–Kier alpha value is -4.00. The molecule has 0 saturated heterocycles. The highest BCUT2D eigenvalue weighted by Gasteiger charge is 2.23. The van der Waals surface area contributed by atoms with Crippen LogP contribution in [-0.2, 0) is 0 Å². The fourth-order valence-corrected chi connectivity index (χ4v) is 4.27. The zero-order chi connectivity index (χ0) is 23.1. The Morgan fingerprint density at radius 2 is 2.09 bits per heavy atom. The summed E-state index contributed by atoms with van der Waals surface area (Å²) in [6.45, 7) is 3.67. The molecule has 168 valence electrons. The summed E-state index contributed by atoms with van der Waals surface area (Å²) in [5.74, 6) is -0.233. The molecule has 0 aliphatic heterocycles. The SMILES string of the molecule is Cc1ccc(-c2cnc3c(-n4nncc4C(F)F)cc(C(=O)NC(C)c4nnco4)cn23)s1. The van der Waals surface area contributed by atoms with Crippen molar-refractivity contribution < 1.29 is 18.0 Å². The number of thiophene rings is 1. The van der Waals surface area contributed by atoms with E-state index in [0.29, 0.717) is 11.3 Å². The summed E-state index contributed by atoms with van der Waals surface area (Å²) in [5.41, 5.74) is 1.05. The zero-order valence-electron chi connectivity index (χ0n) is 17.3. The molecule has 5 rings (SSSR count). The molecule has 0 aromatic carbocycles. The number of aryl methyl sites for hydroxylation is 1. The molecule has 1 atom stereocenters. The predicted octanol–water partition coefficient (Wildman–Crippen LogP) is 3.76. The normalized spacial score (nSPS) is 12.5. The Balaban J connectivity index is 1.66. The largest absolute Gasteiger partial charge is 0.426 e. The molecule has 5 aromatic heterocycles. The van der Waals surface area contributed by atoms with Gasteiger partial charge in [-0.1, -0.05) is 5.21 Å². The lowest BCUT2D eigenvalue weighted by Crippen LogP contribution is -2.27. The topological polar surface area (TPSA) is 116 Å². The van der Waals surface area contributed by atoms with Gasteiger partial charge in [-0.2, -0.15) is 0 Å². The van der Waals surface area contributed by atoms with Crippen LogP contribution >= 0.6 is 11.3 Å². The van der Waals surface area contributed by atoms with Gasteiger partial charge in [0.15, 0.2) is 5.65 Å². The Labute approximate surface area is 188 Å². The van der Waals surface area contributed by atoms with E-state index in [2.05, 4.69) is 30.8 Å². The fraction of sp³-hybridized carbons (Fsp3) is 0.200. The van der Waals surface area contributed by atoms with Crippen LogP contribution in [0, 0.1) is 6.92 Å². The number of hydrogen-bond acceptors (Lipinski definition) is 8. The fourth-order valence-electron chi connectivity index (χ4n) is 3.39. The number of amides is 1. The van der Waals surface area contributed by atoms with Crippen LogP contribution in [0.2, 0.25) is 0 Å². The average molecular weight is 470 g/mol. The molecule has 0 saturated carbocycles. The van der Waals surface area contributed by atoms with Crippen LogP contribution < -0.4 is 5.32 Å². The Morgan fingerprint density at radius 1 is 1.24 bits per heavy atom. The number of hydrogen-bond donors (Lipinski definition) is 1. The van der Waals surface area contributed by atoms with Crippen molar-refractivity contribution in [2.24, 2.45) is 0 Å². The van der Waals surface area contributed by atoms with Crippen molar-refractivity contribution in [2.75, 3.05) is 0 Å². The minimum Gasteiger partial charge on any atom is -0.426 e. The lowest BCUT2D eigenvalue weighted by molar-refractivity contribution is 0.0933. The van der Waals surface area contributed by atoms with Crippen LogP contribution in [0.15, 0.2) is 47.6 Å². The smallest absolute Gasteiger partial charge is 0.282 e. The predicted molar refractivity (Wildman–Crippen MR) is 113 cm³/mol. The van der Waals surface area contributed by atoms with E-state index in [1.807, 2.05) is 19.1 Å². The second kappa shape index (κ2) is 8.16. The molecule has 0 aliphatic rings. The van der Waals surface area contributed by atoms with E-state index in [9.17, 15) is 13.6 Å². The number of carbonyl (C=O) groups is 1. The molecule has 10 nitrogen and oxygen atoms in total. The highest BCUT2D eigenvalue weighted by Crippen LogP contribution is 2.31. The number of carbonyl (C=O) groups excluding carboxylic acids is 1. The number of nitrogens with one attached hydrogen (secondary N) is 1. The van der Waals surface area contributed by atoms with E-state index in [0.717, 1.165) is 20.6 Å². The Morgan fingerprint density at radius 3 is 2.79 bits per heavy atom. The minimum atomic E-state index is -2.82. The Bertz CT molecular complexity index is 1440. The molecule has 0 spiro atoms. The third-order valence-electron chi connectivity index (χ3n) is 4.96. The molecule has 13 heteroatoms. The molecular weight excluding hydrogens is 454 g/mol. The molecule has 0 radical (unpaired) electrons. The van der Waals surface area contributed by atoms with Gasteiger partial charge in [0, 0.05) is 11.1 Å². The van der Waals surface area contributed by atoms with Crippen LogP contribution in [0.3, 0.4) is 0 Å². The summed E-state index contributed by atoms with van der Waals surface area (Å²) in [6, 6.07) is 4.79. The third kappa shape index (κ3) is 3.75. The highest BCUT2D eigenvalue weighted by atomic mass is 32.1. The minimum absolute atomic E-state index is 0.195. The number of halogens is 2. The van der Waals surface area contributed by atoms with E-state index in [-0.39, 0.29) is 17.1 Å². The van der Waals surface area contributed by atoms with Crippen LogP contribution in [0.25, 0.3) is 21.9 Å². The monoisotopic (exact) mass is 470 g/mol. The molecule has 0 bridgehead atoms. The molecule has 0 aliphatic carbocycles. The van der Waals surface area contributed by atoms with E-state index >= 15 is 0 Å². The molecule has 1 unspecified atom stereocenters. The lowest BCUT2D eigenvalue weighted by Gasteiger charge is -2.13. The van der Waals surface area contributed by atoms with Gasteiger partial charge in [0.2, 0.25) is 12.3 Å². The van der Waals surface area contributed by atoms with Gasteiger partial charge in [0.05, 0.1) is 28.5 Å². The van der Waals surface area contributed by atoms with Crippen LogP contribution in [0.1, 0.15) is 46.2 Å². The average Bonchev–Trinajstić information content (AvgIpc) is 3.59. The van der Waals surface area contributed by atoms with E-state index in [1.165, 1.54) is 12.5 Å². The summed E-state index contributed by atoms with van der Waals surface area (Å²) in [7, 11) is 0. The maximum atomic E-state index is 13.6. The first-order valence-electron chi connectivity index (χ1n) is 9.76. The van der Waals surface area contributed by atoms with Gasteiger partial charge < -0.3 is 9.73 Å². The second-order valence-electron chi connectivity index (χ2n) is 7.20. The lowest BCUT2D eigenvalue weighted by atomic mass is 10.2.